The van der Waals surface area contributed by atoms with E-state index in [1.54, 1.807) is 12.1 Å². The lowest BCUT2D eigenvalue weighted by molar-refractivity contribution is -0.113. The van der Waals surface area contributed by atoms with Gasteiger partial charge in [0.05, 0.1) is 18.6 Å². The average molecular weight is 423 g/mol. The number of methoxy groups -OCH3 is 1. The van der Waals surface area contributed by atoms with Gasteiger partial charge in [0.2, 0.25) is 5.91 Å². The highest BCUT2D eigenvalue weighted by molar-refractivity contribution is 7.91. The smallest absolute Gasteiger partial charge is 0.241 e. The van der Waals surface area contributed by atoms with Gasteiger partial charge in [-0.3, -0.25) is 9.59 Å². The zero-order chi connectivity index (χ0) is 20.3. The Morgan fingerprint density at radius 2 is 2.00 bits per heavy atom. The number of hydrogen-bond acceptors (Lipinski definition) is 7. The number of aryl methyl sites for hydroxylation is 2. The van der Waals surface area contributed by atoms with Gasteiger partial charge in [0.15, 0.2) is 20.8 Å². The van der Waals surface area contributed by atoms with Crippen LogP contribution in [0.1, 0.15) is 46.3 Å². The van der Waals surface area contributed by atoms with Crippen molar-refractivity contribution in [1.29, 1.82) is 0 Å². The maximum atomic E-state index is 12.5. The molecule has 1 heterocycles. The van der Waals surface area contributed by atoms with Gasteiger partial charge in [-0.05, 0) is 50.8 Å². The van der Waals surface area contributed by atoms with Crippen molar-refractivity contribution < 1.29 is 22.7 Å². The van der Waals surface area contributed by atoms with Crippen LogP contribution in [0, 0.1) is 0 Å². The number of thiazole rings is 1. The fourth-order valence-electron chi connectivity index (χ4n) is 3.16. The molecular weight excluding hydrogens is 400 g/mol. The average Bonchev–Trinajstić information content (AvgIpc) is 3.02. The Morgan fingerprint density at radius 1 is 1.25 bits per heavy atom. The second-order valence-corrected chi connectivity index (χ2v) is 9.91. The minimum Gasteiger partial charge on any atom is -0.496 e. The van der Waals surface area contributed by atoms with Gasteiger partial charge >= 0.3 is 0 Å². The number of aromatic nitrogens is 1. The maximum Gasteiger partial charge on any atom is 0.241 e. The van der Waals surface area contributed by atoms with E-state index >= 15 is 0 Å². The van der Waals surface area contributed by atoms with Crippen LogP contribution in [0.5, 0.6) is 5.75 Å². The number of benzene rings is 1. The Kier molecular flexibility index (Phi) is 6.14. The number of rotatable bonds is 7. The van der Waals surface area contributed by atoms with E-state index in [-0.39, 0.29) is 11.5 Å². The summed E-state index contributed by atoms with van der Waals surface area (Å²) in [5, 5.41) is 3.05. The fraction of sp³-hybridized carbons (Fsp3) is 0.421. The fourth-order valence-corrected chi connectivity index (χ4v) is 5.50. The third-order valence-electron chi connectivity index (χ3n) is 4.51. The van der Waals surface area contributed by atoms with Crippen LogP contribution < -0.4 is 10.1 Å². The van der Waals surface area contributed by atoms with E-state index in [0.29, 0.717) is 22.0 Å². The van der Waals surface area contributed by atoms with Gasteiger partial charge in [-0.1, -0.05) is 0 Å². The minimum atomic E-state index is -3.76. The summed E-state index contributed by atoms with van der Waals surface area (Å²) in [4.78, 5) is 29.4. The maximum absolute atomic E-state index is 12.5. The first-order chi connectivity index (χ1) is 13.3. The number of nitrogens with one attached hydrogen (secondary N) is 1. The summed E-state index contributed by atoms with van der Waals surface area (Å²) in [5.41, 5.74) is 1.75. The molecule has 0 unspecified atom stereocenters. The van der Waals surface area contributed by atoms with Gasteiger partial charge in [-0.15, -0.1) is 11.3 Å². The van der Waals surface area contributed by atoms with Crippen molar-refractivity contribution in [2.45, 2.75) is 38.4 Å². The first-order valence-electron chi connectivity index (χ1n) is 8.94. The summed E-state index contributed by atoms with van der Waals surface area (Å²) in [6, 6.07) is 4.63. The highest BCUT2D eigenvalue weighted by Crippen LogP contribution is 2.29. The number of carbonyl (C=O) groups is 2. The quantitative estimate of drug-likeness (QED) is 0.689. The van der Waals surface area contributed by atoms with Crippen molar-refractivity contribution in [2.75, 3.05) is 18.2 Å². The number of ketones is 1. The van der Waals surface area contributed by atoms with Crippen molar-refractivity contribution in [3.05, 3.63) is 39.9 Å². The molecule has 0 bridgehead atoms. The van der Waals surface area contributed by atoms with E-state index in [1.165, 1.54) is 31.4 Å². The predicted molar refractivity (Wildman–Crippen MR) is 108 cm³/mol. The molecule has 150 valence electrons. The first kappa shape index (κ1) is 20.5. The normalized spacial score (nSPS) is 13.6. The second kappa shape index (κ2) is 8.40. The molecule has 1 N–H and O–H groups in total. The van der Waals surface area contributed by atoms with Crippen LogP contribution in [0.4, 0.5) is 5.13 Å². The Bertz CT molecular complexity index is 988. The molecule has 0 atom stereocenters. The molecule has 1 aromatic carbocycles. The zero-order valence-electron chi connectivity index (χ0n) is 15.8. The topological polar surface area (TPSA) is 102 Å². The molecule has 7 nitrogen and oxygen atoms in total. The number of amides is 1. The zero-order valence-corrected chi connectivity index (χ0v) is 17.4. The SMILES string of the molecule is COc1ccc(C(C)=O)cc1CS(=O)(=O)CC(=O)Nc1nc2c(s1)CCCC2. The van der Waals surface area contributed by atoms with Crippen LogP contribution in [0.2, 0.25) is 0 Å². The van der Waals surface area contributed by atoms with Crippen LogP contribution in [0.25, 0.3) is 0 Å². The van der Waals surface area contributed by atoms with Gasteiger partial charge in [0.1, 0.15) is 11.5 Å². The number of fused-ring (bicyclic) bond motifs is 1. The molecule has 0 spiro atoms. The lowest BCUT2D eigenvalue weighted by Gasteiger charge is -2.10. The summed E-state index contributed by atoms with van der Waals surface area (Å²) in [6.07, 6.45) is 4.04. The summed E-state index contributed by atoms with van der Waals surface area (Å²) < 4.78 is 30.2. The van der Waals surface area contributed by atoms with Gasteiger partial charge in [-0.25, -0.2) is 13.4 Å². The van der Waals surface area contributed by atoms with E-state index in [0.717, 1.165) is 36.3 Å². The molecule has 0 saturated carbocycles. The van der Waals surface area contributed by atoms with Crippen LogP contribution in [-0.4, -0.2) is 38.0 Å². The Balaban J connectivity index is 1.69. The number of carbonyl (C=O) groups excluding carboxylic acids is 2. The van der Waals surface area contributed by atoms with E-state index in [4.69, 9.17) is 4.74 Å². The van der Waals surface area contributed by atoms with Crippen molar-refractivity contribution in [3.8, 4) is 5.75 Å². The third kappa shape index (κ3) is 4.96. The van der Waals surface area contributed by atoms with E-state index in [1.807, 2.05) is 0 Å². The summed E-state index contributed by atoms with van der Waals surface area (Å²) in [5.74, 6) is -1.48. The Morgan fingerprint density at radius 3 is 2.68 bits per heavy atom. The highest BCUT2D eigenvalue weighted by Gasteiger charge is 2.22. The predicted octanol–water partition coefficient (Wildman–Crippen LogP) is 2.79. The van der Waals surface area contributed by atoms with Gasteiger partial charge in [0.25, 0.3) is 0 Å². The molecule has 0 fully saturated rings. The molecule has 28 heavy (non-hydrogen) atoms. The number of anilines is 1. The van der Waals surface area contributed by atoms with Crippen LogP contribution in [-0.2, 0) is 33.2 Å². The van der Waals surface area contributed by atoms with Crippen LogP contribution in [0.15, 0.2) is 18.2 Å². The number of hydrogen-bond donors (Lipinski definition) is 1. The van der Waals surface area contributed by atoms with Crippen molar-refractivity contribution >= 4 is 38.0 Å². The second-order valence-electron chi connectivity index (χ2n) is 6.76. The van der Waals surface area contributed by atoms with Crippen molar-refractivity contribution in [2.24, 2.45) is 0 Å². The summed E-state index contributed by atoms with van der Waals surface area (Å²) in [6.45, 7) is 1.40. The number of sulfone groups is 1. The van der Waals surface area contributed by atoms with E-state index < -0.39 is 21.5 Å². The molecule has 1 aliphatic carbocycles. The van der Waals surface area contributed by atoms with Crippen molar-refractivity contribution in [1.82, 2.24) is 4.98 Å². The molecule has 0 aliphatic heterocycles. The standard InChI is InChI=1S/C19H22N2O5S2/c1-12(22)13-7-8-16(26-2)14(9-13)10-28(24,25)11-18(23)21-19-20-15-5-3-4-6-17(15)27-19/h7-9H,3-6,10-11H2,1-2H3,(H,20,21,23). The lowest BCUT2D eigenvalue weighted by atomic mass is 10.0. The number of ether oxygens (including phenoxy) is 1. The largest absolute Gasteiger partial charge is 0.496 e. The molecule has 0 radical (unpaired) electrons. The van der Waals surface area contributed by atoms with Gasteiger partial charge in [-0.2, -0.15) is 0 Å². The van der Waals surface area contributed by atoms with Crippen LogP contribution >= 0.6 is 11.3 Å². The molecule has 3 rings (SSSR count). The minimum absolute atomic E-state index is 0.174. The molecule has 1 aliphatic rings. The number of nitrogens with zero attached hydrogens (tertiary/aromatic N) is 1. The van der Waals surface area contributed by atoms with Crippen molar-refractivity contribution in [3.63, 3.8) is 0 Å². The molecule has 1 aromatic heterocycles. The molecule has 1 amide bonds. The van der Waals surface area contributed by atoms with E-state index in [9.17, 15) is 18.0 Å². The van der Waals surface area contributed by atoms with Crippen LogP contribution in [0.3, 0.4) is 0 Å². The molecule has 2 aromatic rings. The highest BCUT2D eigenvalue weighted by atomic mass is 32.2. The lowest BCUT2D eigenvalue weighted by Crippen LogP contribution is -2.24. The molecule has 0 saturated heterocycles. The Labute approximate surface area is 168 Å². The third-order valence-corrected chi connectivity index (χ3v) is 7.03. The Hall–Kier alpha value is -2.26. The molecule has 9 heteroatoms. The van der Waals surface area contributed by atoms with Gasteiger partial charge < -0.3 is 10.1 Å². The molecular formula is C19H22N2O5S2. The summed E-state index contributed by atoms with van der Waals surface area (Å²) >= 11 is 1.41. The van der Waals surface area contributed by atoms with Gasteiger partial charge in [0, 0.05) is 16.0 Å². The summed E-state index contributed by atoms with van der Waals surface area (Å²) in [7, 11) is -2.33. The monoisotopic (exact) mass is 422 g/mol. The van der Waals surface area contributed by atoms with E-state index in [2.05, 4.69) is 10.3 Å². The number of Topliss-reactive ketones (excluding diaryl/α,β-unsaturated/α-hetero) is 1. The first-order valence-corrected chi connectivity index (χ1v) is 11.6.